The molecule has 1 N–H and O–H groups in total. The minimum Gasteiger partial charge on any atom is -0.379 e. The molecular weight excluding hydrogens is 340 g/mol. The fraction of sp³-hybridized carbons (Fsp3) is 0.273. The first-order chi connectivity index (χ1) is 13.3. The third kappa shape index (κ3) is 4.15. The maximum atomic E-state index is 12.9. The van der Waals surface area contributed by atoms with Gasteiger partial charge in [0.2, 0.25) is 0 Å². The minimum atomic E-state index is -0.183. The van der Waals surface area contributed by atoms with E-state index in [4.69, 9.17) is 9.47 Å². The Morgan fingerprint density at radius 1 is 1.11 bits per heavy atom. The van der Waals surface area contributed by atoms with Crippen LogP contribution in [0, 0.1) is 0 Å². The lowest BCUT2D eigenvalue weighted by Gasteiger charge is -2.32. The first-order valence-corrected chi connectivity index (χ1v) is 9.19. The van der Waals surface area contributed by atoms with Crippen LogP contribution in [0.2, 0.25) is 0 Å². The third-order valence-electron chi connectivity index (χ3n) is 4.82. The fourth-order valence-electron chi connectivity index (χ4n) is 3.36. The predicted octanol–water partition coefficient (Wildman–Crippen LogP) is 3.34. The van der Waals surface area contributed by atoms with Crippen LogP contribution in [0.4, 0.5) is 0 Å². The quantitative estimate of drug-likeness (QED) is 0.756. The first-order valence-electron chi connectivity index (χ1n) is 9.19. The Morgan fingerprint density at radius 3 is 2.81 bits per heavy atom. The number of hydrogen-bond acceptors (Lipinski definition) is 4. The van der Waals surface area contributed by atoms with Crippen molar-refractivity contribution in [2.24, 2.45) is 0 Å². The Bertz CT molecular complexity index is 908. The minimum absolute atomic E-state index is 0.101. The summed E-state index contributed by atoms with van der Waals surface area (Å²) in [5.41, 5.74) is 1.55. The zero-order chi connectivity index (χ0) is 18.5. The van der Waals surface area contributed by atoms with Crippen molar-refractivity contribution >= 4 is 16.7 Å². The SMILES string of the molecule is O=C(N[C@@H]1CCOC[C@H]1OCc1ccccc1)c1nccc2ccccc12. The second-order valence-corrected chi connectivity index (χ2v) is 6.66. The average molecular weight is 362 g/mol. The summed E-state index contributed by atoms with van der Waals surface area (Å²) in [6, 6.07) is 19.6. The molecule has 27 heavy (non-hydrogen) atoms. The number of benzene rings is 2. The van der Waals surface area contributed by atoms with E-state index >= 15 is 0 Å². The zero-order valence-electron chi connectivity index (χ0n) is 15.0. The summed E-state index contributed by atoms with van der Waals surface area (Å²) in [4.78, 5) is 17.2. The summed E-state index contributed by atoms with van der Waals surface area (Å²) >= 11 is 0. The summed E-state index contributed by atoms with van der Waals surface area (Å²) < 4.78 is 11.6. The molecule has 1 fully saturated rings. The summed E-state index contributed by atoms with van der Waals surface area (Å²) in [7, 11) is 0. The Labute approximate surface area is 158 Å². The van der Waals surface area contributed by atoms with Gasteiger partial charge in [-0.2, -0.15) is 0 Å². The molecule has 1 aliphatic rings. The van der Waals surface area contributed by atoms with Crippen molar-refractivity contribution in [2.75, 3.05) is 13.2 Å². The van der Waals surface area contributed by atoms with E-state index in [1.165, 1.54) is 0 Å². The highest BCUT2D eigenvalue weighted by Crippen LogP contribution is 2.18. The zero-order valence-corrected chi connectivity index (χ0v) is 15.0. The van der Waals surface area contributed by atoms with Gasteiger partial charge in [0, 0.05) is 18.2 Å². The summed E-state index contributed by atoms with van der Waals surface area (Å²) in [5.74, 6) is -0.174. The van der Waals surface area contributed by atoms with E-state index in [-0.39, 0.29) is 18.1 Å². The van der Waals surface area contributed by atoms with Crippen LogP contribution in [-0.4, -0.2) is 36.3 Å². The molecule has 2 heterocycles. The molecule has 0 unspecified atom stereocenters. The van der Waals surface area contributed by atoms with E-state index in [9.17, 15) is 4.79 Å². The molecule has 1 amide bonds. The number of aromatic nitrogens is 1. The van der Waals surface area contributed by atoms with Gasteiger partial charge in [-0.05, 0) is 23.4 Å². The highest BCUT2D eigenvalue weighted by molar-refractivity contribution is 6.05. The van der Waals surface area contributed by atoms with Gasteiger partial charge in [0.1, 0.15) is 11.8 Å². The molecule has 3 aromatic rings. The second-order valence-electron chi connectivity index (χ2n) is 6.66. The number of hydrogen-bond donors (Lipinski definition) is 1. The van der Waals surface area contributed by atoms with Crippen molar-refractivity contribution in [3.05, 3.63) is 78.1 Å². The molecule has 5 nitrogen and oxygen atoms in total. The van der Waals surface area contributed by atoms with Gasteiger partial charge < -0.3 is 14.8 Å². The smallest absolute Gasteiger partial charge is 0.270 e. The molecule has 4 rings (SSSR count). The van der Waals surface area contributed by atoms with Crippen molar-refractivity contribution in [1.29, 1.82) is 0 Å². The molecule has 1 aromatic heterocycles. The predicted molar refractivity (Wildman–Crippen MR) is 103 cm³/mol. The average Bonchev–Trinajstić information content (AvgIpc) is 2.73. The van der Waals surface area contributed by atoms with Crippen molar-refractivity contribution in [3.63, 3.8) is 0 Å². The monoisotopic (exact) mass is 362 g/mol. The van der Waals surface area contributed by atoms with E-state index in [1.807, 2.05) is 60.7 Å². The molecule has 0 aliphatic carbocycles. The van der Waals surface area contributed by atoms with Crippen molar-refractivity contribution in [2.45, 2.75) is 25.2 Å². The number of carbonyl (C=O) groups is 1. The number of nitrogens with zero attached hydrogens (tertiary/aromatic N) is 1. The largest absolute Gasteiger partial charge is 0.379 e. The molecule has 0 saturated carbocycles. The van der Waals surface area contributed by atoms with Crippen LogP contribution in [0.15, 0.2) is 66.9 Å². The Kier molecular flexibility index (Phi) is 5.42. The van der Waals surface area contributed by atoms with Gasteiger partial charge in [-0.3, -0.25) is 9.78 Å². The Morgan fingerprint density at radius 2 is 1.93 bits per heavy atom. The highest BCUT2D eigenvalue weighted by atomic mass is 16.5. The van der Waals surface area contributed by atoms with Crippen LogP contribution in [0.5, 0.6) is 0 Å². The lowest BCUT2D eigenvalue weighted by molar-refractivity contribution is -0.0736. The van der Waals surface area contributed by atoms with Crippen LogP contribution >= 0.6 is 0 Å². The lowest BCUT2D eigenvalue weighted by atomic mass is 10.0. The maximum absolute atomic E-state index is 12.9. The topological polar surface area (TPSA) is 60.5 Å². The molecule has 2 atom stereocenters. The molecular formula is C22H22N2O3. The fourth-order valence-corrected chi connectivity index (χ4v) is 3.36. The van der Waals surface area contributed by atoms with E-state index < -0.39 is 0 Å². The molecule has 1 saturated heterocycles. The van der Waals surface area contributed by atoms with Gasteiger partial charge >= 0.3 is 0 Å². The number of fused-ring (bicyclic) bond motifs is 1. The lowest BCUT2D eigenvalue weighted by Crippen LogP contribution is -2.50. The van der Waals surface area contributed by atoms with E-state index in [1.54, 1.807) is 6.20 Å². The number of nitrogens with one attached hydrogen (secondary N) is 1. The summed E-state index contributed by atoms with van der Waals surface area (Å²) in [6.07, 6.45) is 2.21. The standard InChI is InChI=1S/C22H22N2O3/c25-22(21-18-9-5-4-8-17(18)10-12-23-21)24-19-11-13-26-15-20(19)27-14-16-6-2-1-3-7-16/h1-10,12,19-20H,11,13-15H2,(H,24,25)/t19-,20-/m1/s1. The Balaban J connectivity index is 1.46. The molecule has 5 heteroatoms. The van der Waals surface area contributed by atoms with Crippen LogP contribution in [0.3, 0.4) is 0 Å². The normalized spacial score (nSPS) is 19.7. The van der Waals surface area contributed by atoms with Crippen molar-refractivity contribution in [1.82, 2.24) is 10.3 Å². The number of ether oxygens (including phenoxy) is 2. The number of pyridine rings is 1. The molecule has 0 radical (unpaired) electrons. The van der Waals surface area contributed by atoms with Gasteiger partial charge in [-0.1, -0.05) is 54.6 Å². The molecule has 0 bridgehead atoms. The van der Waals surface area contributed by atoms with E-state index in [0.717, 1.165) is 22.8 Å². The number of carbonyl (C=O) groups excluding carboxylic acids is 1. The molecule has 1 aliphatic heterocycles. The van der Waals surface area contributed by atoms with Gasteiger partial charge in [-0.25, -0.2) is 0 Å². The Hall–Kier alpha value is -2.76. The van der Waals surface area contributed by atoms with Crippen LogP contribution in [0.1, 0.15) is 22.5 Å². The molecule has 2 aromatic carbocycles. The maximum Gasteiger partial charge on any atom is 0.270 e. The number of rotatable bonds is 5. The first kappa shape index (κ1) is 17.6. The molecule has 138 valence electrons. The second kappa shape index (κ2) is 8.29. The van der Waals surface area contributed by atoms with E-state index in [2.05, 4.69) is 10.3 Å². The molecule has 0 spiro atoms. The van der Waals surface area contributed by atoms with Gasteiger partial charge in [0.25, 0.3) is 5.91 Å². The van der Waals surface area contributed by atoms with Crippen LogP contribution in [0.25, 0.3) is 10.8 Å². The van der Waals surface area contributed by atoms with Crippen LogP contribution in [-0.2, 0) is 16.1 Å². The van der Waals surface area contributed by atoms with Crippen molar-refractivity contribution in [3.8, 4) is 0 Å². The third-order valence-corrected chi connectivity index (χ3v) is 4.82. The summed E-state index contributed by atoms with van der Waals surface area (Å²) in [6.45, 7) is 1.58. The van der Waals surface area contributed by atoms with Crippen molar-refractivity contribution < 1.29 is 14.3 Å². The highest BCUT2D eigenvalue weighted by Gasteiger charge is 2.29. The van der Waals surface area contributed by atoms with Gasteiger partial charge in [0.05, 0.1) is 19.3 Å². The van der Waals surface area contributed by atoms with Gasteiger partial charge in [-0.15, -0.1) is 0 Å². The van der Waals surface area contributed by atoms with Crippen LogP contribution < -0.4 is 5.32 Å². The summed E-state index contributed by atoms with van der Waals surface area (Å²) in [5, 5.41) is 4.96. The number of amides is 1. The van der Waals surface area contributed by atoms with Gasteiger partial charge in [0.15, 0.2) is 0 Å². The van der Waals surface area contributed by atoms with E-state index in [0.29, 0.717) is 25.5 Å².